The van der Waals surface area contributed by atoms with Crippen molar-refractivity contribution in [2.45, 2.75) is 4.90 Å². The second-order valence-corrected chi connectivity index (χ2v) is 4.82. The molecule has 4 heteroatoms. The first-order chi connectivity index (χ1) is 8.74. The van der Waals surface area contributed by atoms with E-state index in [4.69, 9.17) is 5.73 Å². The van der Waals surface area contributed by atoms with Gasteiger partial charge in [0.05, 0.1) is 5.75 Å². The Bertz CT molecular complexity index is 511. The Morgan fingerprint density at radius 3 is 2.39 bits per heavy atom. The molecule has 3 N–H and O–H groups in total. The van der Waals surface area contributed by atoms with Gasteiger partial charge in [0.25, 0.3) is 0 Å². The van der Waals surface area contributed by atoms with Gasteiger partial charge in [-0.15, -0.1) is 11.8 Å². The molecule has 0 saturated carbocycles. The molecule has 0 aliphatic heterocycles. The second-order valence-electron chi connectivity index (χ2n) is 3.77. The summed E-state index contributed by atoms with van der Waals surface area (Å²) in [6.45, 7) is 0. The van der Waals surface area contributed by atoms with E-state index in [1.165, 1.54) is 11.8 Å². The second kappa shape index (κ2) is 6.12. The van der Waals surface area contributed by atoms with E-state index in [0.29, 0.717) is 5.75 Å². The molecular weight excluding hydrogens is 244 g/mol. The van der Waals surface area contributed by atoms with Gasteiger partial charge in [-0.25, -0.2) is 0 Å². The molecular formula is C14H14N2OS. The van der Waals surface area contributed by atoms with Gasteiger partial charge in [0.1, 0.15) is 0 Å². The van der Waals surface area contributed by atoms with E-state index in [9.17, 15) is 4.79 Å². The van der Waals surface area contributed by atoms with E-state index in [1.807, 2.05) is 54.6 Å². The number of rotatable bonds is 4. The van der Waals surface area contributed by atoms with Gasteiger partial charge in [-0.3, -0.25) is 4.79 Å². The van der Waals surface area contributed by atoms with Crippen LogP contribution in [0.15, 0.2) is 59.5 Å². The largest absolute Gasteiger partial charge is 0.399 e. The van der Waals surface area contributed by atoms with Crippen LogP contribution >= 0.6 is 11.8 Å². The van der Waals surface area contributed by atoms with Crippen LogP contribution in [0.3, 0.4) is 0 Å². The predicted molar refractivity (Wildman–Crippen MR) is 76.7 cm³/mol. The number of amides is 1. The minimum absolute atomic E-state index is 0.0111. The van der Waals surface area contributed by atoms with E-state index < -0.39 is 0 Å². The molecule has 92 valence electrons. The Morgan fingerprint density at radius 1 is 1.06 bits per heavy atom. The fraction of sp³-hybridized carbons (Fsp3) is 0.0714. The van der Waals surface area contributed by atoms with Gasteiger partial charge in [-0.1, -0.05) is 18.2 Å². The van der Waals surface area contributed by atoms with Gasteiger partial charge in [0.15, 0.2) is 0 Å². The van der Waals surface area contributed by atoms with Gasteiger partial charge in [0.2, 0.25) is 5.91 Å². The SMILES string of the molecule is Nc1ccc(SCC(=O)Nc2ccccc2)cc1. The lowest BCUT2D eigenvalue weighted by molar-refractivity contribution is -0.113. The monoisotopic (exact) mass is 258 g/mol. The molecule has 0 aliphatic carbocycles. The third-order valence-electron chi connectivity index (χ3n) is 2.31. The van der Waals surface area contributed by atoms with Gasteiger partial charge in [-0.2, -0.15) is 0 Å². The van der Waals surface area contributed by atoms with Gasteiger partial charge >= 0.3 is 0 Å². The van der Waals surface area contributed by atoms with Crippen LogP contribution in [-0.4, -0.2) is 11.7 Å². The molecule has 2 rings (SSSR count). The van der Waals surface area contributed by atoms with E-state index in [0.717, 1.165) is 16.3 Å². The van der Waals surface area contributed by atoms with Crippen LogP contribution in [0.25, 0.3) is 0 Å². The third-order valence-corrected chi connectivity index (χ3v) is 3.32. The van der Waals surface area contributed by atoms with E-state index in [-0.39, 0.29) is 5.91 Å². The first-order valence-corrected chi connectivity index (χ1v) is 6.56. The van der Waals surface area contributed by atoms with Crippen LogP contribution in [0, 0.1) is 0 Å². The number of nitrogens with two attached hydrogens (primary N) is 1. The Kier molecular flexibility index (Phi) is 4.25. The van der Waals surface area contributed by atoms with Gasteiger partial charge in [0, 0.05) is 16.3 Å². The molecule has 2 aromatic carbocycles. The Balaban J connectivity index is 1.83. The van der Waals surface area contributed by atoms with Crippen LogP contribution < -0.4 is 11.1 Å². The van der Waals surface area contributed by atoms with Crippen LogP contribution in [0.1, 0.15) is 0 Å². The number of carbonyl (C=O) groups is 1. The molecule has 2 aromatic rings. The first kappa shape index (κ1) is 12.5. The molecule has 0 spiro atoms. The topological polar surface area (TPSA) is 55.1 Å². The number of anilines is 2. The Hall–Kier alpha value is -1.94. The minimum Gasteiger partial charge on any atom is -0.399 e. The van der Waals surface area contributed by atoms with Crippen molar-refractivity contribution in [1.82, 2.24) is 0 Å². The lowest BCUT2D eigenvalue weighted by atomic mass is 10.3. The van der Waals surface area contributed by atoms with E-state index >= 15 is 0 Å². The van der Waals surface area contributed by atoms with Crippen LogP contribution in [-0.2, 0) is 4.79 Å². The lowest BCUT2D eigenvalue weighted by Gasteiger charge is -2.05. The normalized spacial score (nSPS) is 10.0. The van der Waals surface area contributed by atoms with Crippen molar-refractivity contribution < 1.29 is 4.79 Å². The summed E-state index contributed by atoms with van der Waals surface area (Å²) in [6, 6.07) is 16.9. The van der Waals surface area contributed by atoms with Crippen molar-refractivity contribution in [2.24, 2.45) is 0 Å². The zero-order chi connectivity index (χ0) is 12.8. The maximum Gasteiger partial charge on any atom is 0.234 e. The van der Waals surface area contributed by atoms with Gasteiger partial charge < -0.3 is 11.1 Å². The maximum atomic E-state index is 11.7. The number of para-hydroxylation sites is 1. The summed E-state index contributed by atoms with van der Waals surface area (Å²) in [4.78, 5) is 12.7. The molecule has 0 saturated heterocycles. The fourth-order valence-corrected chi connectivity index (χ4v) is 2.13. The molecule has 0 aliphatic rings. The van der Waals surface area contributed by atoms with Crippen LogP contribution in [0.4, 0.5) is 11.4 Å². The highest BCUT2D eigenvalue weighted by Crippen LogP contribution is 2.19. The molecule has 0 heterocycles. The predicted octanol–water partition coefficient (Wildman–Crippen LogP) is 3.00. The number of thioether (sulfide) groups is 1. The number of hydrogen-bond donors (Lipinski definition) is 2. The average molecular weight is 258 g/mol. The quantitative estimate of drug-likeness (QED) is 0.654. The van der Waals surface area contributed by atoms with Crippen molar-refractivity contribution in [3.63, 3.8) is 0 Å². The van der Waals surface area contributed by atoms with E-state index in [2.05, 4.69) is 5.32 Å². The van der Waals surface area contributed by atoms with Crippen LogP contribution in [0.2, 0.25) is 0 Å². The summed E-state index contributed by atoms with van der Waals surface area (Å²) in [7, 11) is 0. The highest BCUT2D eigenvalue weighted by molar-refractivity contribution is 8.00. The van der Waals surface area contributed by atoms with Crippen molar-refractivity contribution in [3.8, 4) is 0 Å². The zero-order valence-corrected chi connectivity index (χ0v) is 10.6. The number of nitrogens with one attached hydrogen (secondary N) is 1. The molecule has 1 amide bonds. The molecule has 0 radical (unpaired) electrons. The summed E-state index contributed by atoms with van der Waals surface area (Å²) < 4.78 is 0. The summed E-state index contributed by atoms with van der Waals surface area (Å²) in [5.74, 6) is 0.377. The number of benzene rings is 2. The summed E-state index contributed by atoms with van der Waals surface area (Å²) in [6.07, 6.45) is 0. The highest BCUT2D eigenvalue weighted by atomic mass is 32.2. The standard InChI is InChI=1S/C14H14N2OS/c15-11-6-8-13(9-7-11)18-10-14(17)16-12-4-2-1-3-5-12/h1-9H,10,15H2,(H,16,17). The van der Waals surface area contributed by atoms with Crippen molar-refractivity contribution >= 4 is 29.0 Å². The Morgan fingerprint density at radius 2 is 1.72 bits per heavy atom. The van der Waals surface area contributed by atoms with Crippen molar-refractivity contribution in [3.05, 3.63) is 54.6 Å². The number of carbonyl (C=O) groups excluding carboxylic acids is 1. The first-order valence-electron chi connectivity index (χ1n) is 5.57. The fourth-order valence-electron chi connectivity index (χ4n) is 1.43. The molecule has 0 atom stereocenters. The molecule has 0 unspecified atom stereocenters. The highest BCUT2D eigenvalue weighted by Gasteiger charge is 2.03. The summed E-state index contributed by atoms with van der Waals surface area (Å²) in [5.41, 5.74) is 7.15. The summed E-state index contributed by atoms with van der Waals surface area (Å²) >= 11 is 1.49. The van der Waals surface area contributed by atoms with E-state index in [1.54, 1.807) is 0 Å². The van der Waals surface area contributed by atoms with Crippen molar-refractivity contribution in [1.29, 1.82) is 0 Å². The molecule has 0 bridgehead atoms. The van der Waals surface area contributed by atoms with Gasteiger partial charge in [-0.05, 0) is 36.4 Å². The lowest BCUT2D eigenvalue weighted by Crippen LogP contribution is -2.13. The average Bonchev–Trinajstić information content (AvgIpc) is 2.39. The molecule has 0 aromatic heterocycles. The zero-order valence-electron chi connectivity index (χ0n) is 9.80. The third kappa shape index (κ3) is 3.82. The molecule has 3 nitrogen and oxygen atoms in total. The molecule has 18 heavy (non-hydrogen) atoms. The molecule has 0 fully saturated rings. The van der Waals surface area contributed by atoms with Crippen molar-refractivity contribution in [2.75, 3.05) is 16.8 Å². The Labute approximate surface area is 110 Å². The maximum absolute atomic E-state index is 11.7. The van der Waals surface area contributed by atoms with Crippen LogP contribution in [0.5, 0.6) is 0 Å². The minimum atomic E-state index is -0.0111. The smallest absolute Gasteiger partial charge is 0.234 e. The summed E-state index contributed by atoms with van der Waals surface area (Å²) in [5, 5.41) is 2.84. The number of nitrogen functional groups attached to an aromatic ring is 1. The number of hydrogen-bond acceptors (Lipinski definition) is 3.